The maximum atomic E-state index is 7.94. The Bertz CT molecular complexity index is 390. The molecule has 0 fully saturated rings. The molecule has 98 valence electrons. The van der Waals surface area contributed by atoms with Gasteiger partial charge in [0.15, 0.2) is 0 Å². The zero-order chi connectivity index (χ0) is 13.5. The predicted octanol–water partition coefficient (Wildman–Crippen LogP) is 3.74. The van der Waals surface area contributed by atoms with E-state index in [-0.39, 0.29) is 5.92 Å². The Balaban J connectivity index is 2.66. The van der Waals surface area contributed by atoms with Crippen LogP contribution in [-0.4, -0.2) is 12.4 Å². The fraction of sp³-hybridized carbons (Fsp3) is 0.438. The molecular weight excluding hydrogens is 220 g/mol. The van der Waals surface area contributed by atoms with Gasteiger partial charge in [-0.15, -0.1) is 6.58 Å². The van der Waals surface area contributed by atoms with Crippen LogP contribution < -0.4 is 5.32 Å². The molecule has 0 radical (unpaired) electrons. The third kappa shape index (κ3) is 4.36. The maximum Gasteiger partial charge on any atom is 0.101 e. The van der Waals surface area contributed by atoms with Crippen molar-refractivity contribution in [2.45, 2.75) is 33.1 Å². The molecule has 2 N–H and O–H groups in total. The van der Waals surface area contributed by atoms with E-state index in [4.69, 9.17) is 5.41 Å². The van der Waals surface area contributed by atoms with Crippen LogP contribution >= 0.6 is 0 Å². The lowest BCUT2D eigenvalue weighted by molar-refractivity contribution is 0.647. The quantitative estimate of drug-likeness (QED) is 0.446. The van der Waals surface area contributed by atoms with Crippen molar-refractivity contribution in [3.8, 4) is 0 Å². The van der Waals surface area contributed by atoms with Gasteiger partial charge in [0, 0.05) is 12.5 Å². The smallest absolute Gasteiger partial charge is 0.101 e. The Labute approximate surface area is 111 Å². The average molecular weight is 244 g/mol. The van der Waals surface area contributed by atoms with Gasteiger partial charge in [0.2, 0.25) is 0 Å². The van der Waals surface area contributed by atoms with Gasteiger partial charge in [0.05, 0.1) is 0 Å². The first-order valence-corrected chi connectivity index (χ1v) is 6.56. The molecule has 0 saturated carbocycles. The van der Waals surface area contributed by atoms with Gasteiger partial charge in [-0.1, -0.05) is 51.1 Å². The number of hydrogen-bond donors (Lipinski definition) is 2. The van der Waals surface area contributed by atoms with Gasteiger partial charge in [-0.05, 0) is 23.5 Å². The number of rotatable bonds is 6. The fourth-order valence-electron chi connectivity index (χ4n) is 1.92. The lowest BCUT2D eigenvalue weighted by Crippen LogP contribution is -2.27. The van der Waals surface area contributed by atoms with Crippen LogP contribution in [0.4, 0.5) is 0 Å². The second kappa shape index (κ2) is 7.00. The van der Waals surface area contributed by atoms with E-state index >= 15 is 0 Å². The van der Waals surface area contributed by atoms with E-state index in [0.717, 1.165) is 6.42 Å². The summed E-state index contributed by atoms with van der Waals surface area (Å²) in [6.07, 6.45) is 2.88. The molecule has 0 bridgehead atoms. The van der Waals surface area contributed by atoms with E-state index in [1.165, 1.54) is 11.1 Å². The summed E-state index contributed by atoms with van der Waals surface area (Å²) in [6.45, 7) is 10.8. The highest BCUT2D eigenvalue weighted by Crippen LogP contribution is 2.17. The minimum Gasteiger partial charge on any atom is -0.370 e. The maximum absolute atomic E-state index is 7.94. The van der Waals surface area contributed by atoms with Gasteiger partial charge in [-0.3, -0.25) is 5.41 Å². The van der Waals surface area contributed by atoms with Gasteiger partial charge >= 0.3 is 0 Å². The zero-order valence-electron chi connectivity index (χ0n) is 11.7. The van der Waals surface area contributed by atoms with Gasteiger partial charge in [0.1, 0.15) is 5.84 Å². The van der Waals surface area contributed by atoms with E-state index in [2.05, 4.69) is 56.9 Å². The van der Waals surface area contributed by atoms with Crippen molar-refractivity contribution in [2.75, 3.05) is 6.54 Å². The third-order valence-electron chi connectivity index (χ3n) is 2.99. The highest BCUT2D eigenvalue weighted by atomic mass is 14.9. The predicted molar refractivity (Wildman–Crippen MR) is 79.3 cm³/mol. The number of benzene rings is 1. The summed E-state index contributed by atoms with van der Waals surface area (Å²) in [6, 6.07) is 8.61. The molecule has 18 heavy (non-hydrogen) atoms. The normalized spacial score (nSPS) is 12.2. The monoisotopic (exact) mass is 244 g/mol. The summed E-state index contributed by atoms with van der Waals surface area (Å²) in [5.74, 6) is 1.34. The molecule has 0 amide bonds. The first-order valence-electron chi connectivity index (χ1n) is 6.56. The number of nitrogens with one attached hydrogen (secondary N) is 2. The summed E-state index contributed by atoms with van der Waals surface area (Å²) in [4.78, 5) is 0. The molecule has 0 aliphatic carbocycles. The molecule has 2 heteroatoms. The van der Waals surface area contributed by atoms with Crippen molar-refractivity contribution in [2.24, 2.45) is 5.92 Å². The summed E-state index contributed by atoms with van der Waals surface area (Å²) in [5, 5.41) is 11.0. The molecule has 0 aliphatic heterocycles. The van der Waals surface area contributed by atoms with E-state index in [1.807, 2.05) is 0 Å². The van der Waals surface area contributed by atoms with E-state index in [0.29, 0.717) is 18.3 Å². The molecule has 1 rings (SSSR count). The van der Waals surface area contributed by atoms with Crippen molar-refractivity contribution in [3.05, 3.63) is 48.0 Å². The van der Waals surface area contributed by atoms with Crippen LogP contribution in [0, 0.1) is 11.3 Å². The molecular formula is C16H24N2. The minimum absolute atomic E-state index is 0.109. The number of hydrogen-bond acceptors (Lipinski definition) is 1. The molecule has 0 aliphatic rings. The largest absolute Gasteiger partial charge is 0.370 e. The second-order valence-electron chi connectivity index (χ2n) is 5.14. The molecule has 0 aromatic heterocycles. The number of amidine groups is 1. The zero-order valence-corrected chi connectivity index (χ0v) is 11.7. The highest BCUT2D eigenvalue weighted by Gasteiger charge is 2.10. The lowest BCUT2D eigenvalue weighted by atomic mass is 9.96. The van der Waals surface area contributed by atoms with Crippen molar-refractivity contribution in [1.29, 1.82) is 5.41 Å². The Morgan fingerprint density at radius 3 is 2.39 bits per heavy atom. The molecule has 1 aromatic carbocycles. The van der Waals surface area contributed by atoms with Crippen LogP contribution in [0.1, 0.15) is 37.8 Å². The summed E-state index contributed by atoms with van der Waals surface area (Å²) in [5.41, 5.74) is 2.55. The lowest BCUT2D eigenvalue weighted by Gasteiger charge is -2.15. The Hall–Kier alpha value is -1.57. The van der Waals surface area contributed by atoms with Gasteiger partial charge < -0.3 is 5.32 Å². The van der Waals surface area contributed by atoms with Gasteiger partial charge in [0.25, 0.3) is 0 Å². The van der Waals surface area contributed by atoms with Crippen LogP contribution in [0.3, 0.4) is 0 Å². The standard InChI is InChI=1S/C16H24N2/c1-5-10-18-16(17)13(4)15-8-6-14(7-9-15)11-12(2)3/h5-9,12-13H,1,10-11H2,2-4H3,(H2,17,18). The molecule has 0 spiro atoms. The average Bonchev–Trinajstić information content (AvgIpc) is 2.35. The first kappa shape index (κ1) is 14.5. The summed E-state index contributed by atoms with van der Waals surface area (Å²) in [7, 11) is 0. The van der Waals surface area contributed by atoms with Crippen molar-refractivity contribution in [1.82, 2.24) is 5.32 Å². The van der Waals surface area contributed by atoms with Crippen LogP contribution in [0.2, 0.25) is 0 Å². The van der Waals surface area contributed by atoms with Crippen molar-refractivity contribution < 1.29 is 0 Å². The molecule has 2 nitrogen and oxygen atoms in total. The second-order valence-corrected chi connectivity index (χ2v) is 5.14. The highest BCUT2D eigenvalue weighted by molar-refractivity contribution is 5.85. The van der Waals surface area contributed by atoms with E-state index < -0.39 is 0 Å². The molecule has 0 heterocycles. The van der Waals surface area contributed by atoms with Gasteiger partial charge in [-0.25, -0.2) is 0 Å². The SMILES string of the molecule is C=CCNC(=N)C(C)c1ccc(CC(C)C)cc1. The topological polar surface area (TPSA) is 35.9 Å². The Kier molecular flexibility index (Phi) is 5.63. The molecule has 1 aromatic rings. The van der Waals surface area contributed by atoms with Crippen LogP contribution in [0.5, 0.6) is 0 Å². The van der Waals surface area contributed by atoms with E-state index in [9.17, 15) is 0 Å². The van der Waals surface area contributed by atoms with Crippen molar-refractivity contribution in [3.63, 3.8) is 0 Å². The Morgan fingerprint density at radius 1 is 1.28 bits per heavy atom. The van der Waals surface area contributed by atoms with Crippen LogP contribution in [0.15, 0.2) is 36.9 Å². The Morgan fingerprint density at radius 2 is 1.89 bits per heavy atom. The van der Waals surface area contributed by atoms with Crippen LogP contribution in [-0.2, 0) is 6.42 Å². The molecule has 1 unspecified atom stereocenters. The van der Waals surface area contributed by atoms with Gasteiger partial charge in [-0.2, -0.15) is 0 Å². The molecule has 0 saturated heterocycles. The first-order chi connectivity index (χ1) is 8.54. The third-order valence-corrected chi connectivity index (χ3v) is 2.99. The van der Waals surface area contributed by atoms with E-state index in [1.54, 1.807) is 6.08 Å². The summed E-state index contributed by atoms with van der Waals surface area (Å²) < 4.78 is 0. The minimum atomic E-state index is 0.109. The fourth-order valence-corrected chi connectivity index (χ4v) is 1.92. The summed E-state index contributed by atoms with van der Waals surface area (Å²) >= 11 is 0. The van der Waals surface area contributed by atoms with Crippen molar-refractivity contribution >= 4 is 5.84 Å². The van der Waals surface area contributed by atoms with Crippen LogP contribution in [0.25, 0.3) is 0 Å². The molecule has 1 atom stereocenters.